The molecule has 0 fully saturated rings. The molecule has 12 heteroatoms. The SMILES string of the molecule is CC(C)(C)C1=CCOC(CN(N)c2c(Nc3cccc(C=O)c3O)c(=O)c2=O)=C1.CF.CN(C)C.FF. The third-order valence-corrected chi connectivity index (χ3v) is 4.71. The maximum absolute atomic E-state index is 12.1. The van der Waals surface area contributed by atoms with Crippen molar-refractivity contribution >= 4 is 23.3 Å². The topological polar surface area (TPSA) is 125 Å². The van der Waals surface area contributed by atoms with E-state index < -0.39 is 10.9 Å². The largest absolute Gasteiger partial charge is 0.505 e. The van der Waals surface area contributed by atoms with Crippen LogP contribution in [0.1, 0.15) is 31.1 Å². The summed E-state index contributed by atoms with van der Waals surface area (Å²) in [5.74, 6) is 6.32. The zero-order chi connectivity index (χ0) is 28.9. The van der Waals surface area contributed by atoms with E-state index in [2.05, 4.69) is 26.1 Å². The van der Waals surface area contributed by atoms with Crippen LogP contribution < -0.4 is 27.0 Å². The Labute approximate surface area is 214 Å². The molecule has 0 saturated heterocycles. The molecule has 4 N–H and O–H groups in total. The van der Waals surface area contributed by atoms with Crippen molar-refractivity contribution < 1.29 is 28.2 Å². The summed E-state index contributed by atoms with van der Waals surface area (Å²) < 4.78 is 31.1. The Morgan fingerprint density at radius 2 is 1.70 bits per heavy atom. The maximum Gasteiger partial charge on any atom is 0.254 e. The summed E-state index contributed by atoms with van der Waals surface area (Å²) in [4.78, 5) is 37.2. The lowest BCUT2D eigenvalue weighted by Crippen LogP contribution is -2.46. The summed E-state index contributed by atoms with van der Waals surface area (Å²) in [5, 5.41) is 14.0. The van der Waals surface area contributed by atoms with Crippen molar-refractivity contribution in [3.63, 3.8) is 0 Å². The number of carbonyl (C=O) groups excluding carboxylic acids is 1. The van der Waals surface area contributed by atoms with Gasteiger partial charge in [0.05, 0.1) is 25.0 Å². The number of aldehydes is 1. The van der Waals surface area contributed by atoms with Crippen LogP contribution in [0.5, 0.6) is 5.75 Å². The van der Waals surface area contributed by atoms with Crippen molar-refractivity contribution in [3.05, 3.63) is 67.7 Å². The Kier molecular flexibility index (Phi) is 13.9. The molecule has 0 bridgehead atoms. The number of phenols is 1. The molecule has 2 aromatic carbocycles. The van der Waals surface area contributed by atoms with Crippen LogP contribution in [0.4, 0.5) is 30.6 Å². The molecule has 1 aliphatic heterocycles. The first-order valence-corrected chi connectivity index (χ1v) is 10.9. The molecule has 0 saturated carbocycles. The molecule has 0 unspecified atom stereocenters. The van der Waals surface area contributed by atoms with Gasteiger partial charge >= 0.3 is 0 Å². The van der Waals surface area contributed by atoms with E-state index in [4.69, 9.17) is 19.7 Å². The molecular formula is C25H35F3N4O5. The molecule has 9 nitrogen and oxygen atoms in total. The first kappa shape index (κ1) is 33.4. The number of anilines is 3. The van der Waals surface area contributed by atoms with E-state index in [1.165, 1.54) is 18.2 Å². The van der Waals surface area contributed by atoms with Crippen molar-refractivity contribution in [2.45, 2.75) is 20.8 Å². The highest BCUT2D eigenvalue weighted by Crippen LogP contribution is 2.32. The zero-order valence-corrected chi connectivity index (χ0v) is 22.1. The lowest BCUT2D eigenvalue weighted by molar-refractivity contribution is 0.108. The average molecular weight is 529 g/mol. The van der Waals surface area contributed by atoms with E-state index in [1.807, 2.05) is 38.2 Å². The number of benzene rings is 1. The van der Waals surface area contributed by atoms with E-state index in [0.717, 1.165) is 10.6 Å². The van der Waals surface area contributed by atoms with Gasteiger partial charge in [-0.25, -0.2) is 5.84 Å². The zero-order valence-electron chi connectivity index (χ0n) is 22.1. The highest BCUT2D eigenvalue weighted by Gasteiger charge is 2.27. The summed E-state index contributed by atoms with van der Waals surface area (Å²) in [6.07, 6.45) is 4.35. The van der Waals surface area contributed by atoms with Crippen LogP contribution in [-0.2, 0) is 4.74 Å². The first-order chi connectivity index (χ1) is 17.4. The van der Waals surface area contributed by atoms with E-state index in [-0.39, 0.29) is 40.3 Å². The number of allylic oxidation sites excluding steroid dienone is 2. The Balaban J connectivity index is 0.00000145. The minimum absolute atomic E-state index is 0.0118. The molecule has 2 aromatic rings. The van der Waals surface area contributed by atoms with Crippen molar-refractivity contribution in [1.82, 2.24) is 4.90 Å². The third kappa shape index (κ3) is 9.39. The Morgan fingerprint density at radius 1 is 1.14 bits per heavy atom. The second kappa shape index (κ2) is 15.5. The van der Waals surface area contributed by atoms with Crippen LogP contribution >= 0.6 is 0 Å². The highest BCUT2D eigenvalue weighted by atomic mass is 20.0. The number of nitrogens with zero attached hydrogens (tertiary/aromatic N) is 2. The predicted octanol–water partition coefficient (Wildman–Crippen LogP) is 3.71. The number of para-hydroxylation sites is 1. The normalized spacial score (nSPS) is 12.3. The van der Waals surface area contributed by atoms with E-state index >= 15 is 0 Å². The second-order valence-electron chi connectivity index (χ2n) is 9.17. The number of hydrazine groups is 1. The van der Waals surface area contributed by atoms with Gasteiger partial charge in [0.2, 0.25) is 0 Å². The minimum atomic E-state index is -0.750. The number of aromatic hydroxyl groups is 1. The van der Waals surface area contributed by atoms with Gasteiger partial charge in [0.1, 0.15) is 29.5 Å². The lowest BCUT2D eigenvalue weighted by Gasteiger charge is -2.28. The van der Waals surface area contributed by atoms with Gasteiger partial charge in [0, 0.05) is 9.15 Å². The van der Waals surface area contributed by atoms with Gasteiger partial charge in [0.25, 0.3) is 10.9 Å². The molecule has 0 amide bonds. The number of hydrogen-bond donors (Lipinski definition) is 3. The van der Waals surface area contributed by atoms with Gasteiger partial charge in [-0.2, -0.15) is 0 Å². The first-order valence-electron chi connectivity index (χ1n) is 10.9. The number of halogens is 3. The fraction of sp³-hybridized carbons (Fsp3) is 0.400. The summed E-state index contributed by atoms with van der Waals surface area (Å²) >= 11 is 0. The fourth-order valence-electron chi connectivity index (χ4n) is 3.04. The van der Waals surface area contributed by atoms with E-state index in [0.29, 0.717) is 25.8 Å². The standard InChI is InChI=1S/C21H23N3O5.C3H9N.CH3F.F2/c1-21(2,3)13-7-8-29-14(9-13)10-24(22)17-16(19(27)20(17)28)23-15-6-4-5-12(11-25)18(15)26;1-4(2)3;2*1-2/h4-7,9,11,23,26H,8,10,22H2,1-3H3;1-3H3;1H3;. The molecule has 0 aliphatic carbocycles. The van der Waals surface area contributed by atoms with Crippen LogP contribution in [0, 0.1) is 5.41 Å². The molecular weight excluding hydrogens is 493 g/mol. The van der Waals surface area contributed by atoms with E-state index in [9.17, 15) is 23.9 Å². The van der Waals surface area contributed by atoms with E-state index in [1.54, 1.807) is 0 Å². The Bertz CT molecular complexity index is 1150. The van der Waals surface area contributed by atoms with Crippen molar-refractivity contribution in [2.24, 2.45) is 11.3 Å². The maximum atomic E-state index is 12.1. The monoisotopic (exact) mass is 528 g/mol. The molecule has 37 heavy (non-hydrogen) atoms. The van der Waals surface area contributed by atoms with Gasteiger partial charge in [-0.3, -0.25) is 23.8 Å². The predicted molar refractivity (Wildman–Crippen MR) is 140 cm³/mol. The lowest BCUT2D eigenvalue weighted by atomic mass is 9.85. The molecule has 0 atom stereocenters. The molecule has 0 radical (unpaired) electrons. The summed E-state index contributed by atoms with van der Waals surface area (Å²) in [5.41, 5.74) is -0.329. The van der Waals surface area contributed by atoms with Crippen LogP contribution in [0.25, 0.3) is 0 Å². The molecule has 206 valence electrons. The van der Waals surface area contributed by atoms with Crippen molar-refractivity contribution in [1.29, 1.82) is 0 Å². The van der Waals surface area contributed by atoms with Crippen LogP contribution in [0.3, 0.4) is 0 Å². The van der Waals surface area contributed by atoms with Gasteiger partial charge < -0.3 is 20.1 Å². The van der Waals surface area contributed by atoms with Gasteiger partial charge in [0.15, 0.2) is 6.29 Å². The minimum Gasteiger partial charge on any atom is -0.505 e. The van der Waals surface area contributed by atoms with Crippen molar-refractivity contribution in [2.75, 3.05) is 51.8 Å². The van der Waals surface area contributed by atoms with Crippen LogP contribution in [-0.4, -0.2) is 57.8 Å². The number of nitrogens with two attached hydrogens (primary N) is 1. The number of nitrogens with one attached hydrogen (secondary N) is 1. The highest BCUT2D eigenvalue weighted by molar-refractivity contribution is 5.87. The number of carbonyl (C=O) groups is 1. The average Bonchev–Trinajstić information content (AvgIpc) is 2.86. The number of alkyl halides is 1. The second-order valence-corrected chi connectivity index (χ2v) is 9.17. The van der Waals surface area contributed by atoms with Gasteiger partial charge in [-0.1, -0.05) is 26.8 Å². The number of ether oxygens (including phenoxy) is 1. The molecule has 0 aromatic heterocycles. The Morgan fingerprint density at radius 3 is 2.22 bits per heavy atom. The van der Waals surface area contributed by atoms with Gasteiger partial charge in [-0.05, 0) is 56.4 Å². The van der Waals surface area contributed by atoms with Gasteiger partial charge in [-0.15, -0.1) is 0 Å². The summed E-state index contributed by atoms with van der Waals surface area (Å²) in [6.45, 7) is 6.73. The summed E-state index contributed by atoms with van der Waals surface area (Å²) in [6, 6.07) is 4.45. The molecule has 0 spiro atoms. The summed E-state index contributed by atoms with van der Waals surface area (Å²) in [7, 11) is 6.50. The number of phenolic OH excluding ortho intramolecular Hbond substituents is 1. The van der Waals surface area contributed by atoms with Crippen LogP contribution in [0.15, 0.2) is 51.3 Å². The third-order valence-electron chi connectivity index (χ3n) is 4.71. The van der Waals surface area contributed by atoms with Crippen molar-refractivity contribution in [3.8, 4) is 5.75 Å². The number of rotatable bonds is 6. The van der Waals surface area contributed by atoms with Crippen LogP contribution in [0.2, 0.25) is 0 Å². The Hall–Kier alpha value is -3.64. The molecule has 1 aliphatic rings. The fourth-order valence-corrected chi connectivity index (χ4v) is 3.04. The quantitative estimate of drug-likeness (QED) is 0.169. The molecule has 3 rings (SSSR count). The molecule has 1 heterocycles. The smallest absolute Gasteiger partial charge is 0.254 e. The number of hydrogen-bond acceptors (Lipinski definition) is 9.